The number of carbonyl (C=O) groups excluding carboxylic acids is 1. The molecule has 0 aliphatic heterocycles. The first-order valence-electron chi connectivity index (χ1n) is 10.1. The van der Waals surface area contributed by atoms with Crippen molar-refractivity contribution in [2.45, 2.75) is 84.2 Å². The summed E-state index contributed by atoms with van der Waals surface area (Å²) in [6, 6.07) is 0.357. The van der Waals surface area contributed by atoms with Gasteiger partial charge < -0.3 is 20.4 Å². The summed E-state index contributed by atoms with van der Waals surface area (Å²) in [6.07, 6.45) is 8.15. The lowest BCUT2D eigenvalue weighted by molar-refractivity contribution is -0.121. The van der Waals surface area contributed by atoms with Crippen molar-refractivity contribution < 1.29 is 9.21 Å². The van der Waals surface area contributed by atoms with Crippen LogP contribution in [0, 0.1) is 0 Å². The molecule has 27 heavy (non-hydrogen) atoms. The molecule has 0 radical (unpaired) electrons. The molecule has 2 rings (SSSR count). The minimum absolute atomic E-state index is 0.0661. The van der Waals surface area contributed by atoms with Gasteiger partial charge in [-0.15, -0.1) is 0 Å². The lowest BCUT2D eigenvalue weighted by Gasteiger charge is -2.22. The largest absolute Gasteiger partial charge is 0.443 e. The van der Waals surface area contributed by atoms with Crippen LogP contribution in [0.15, 0.2) is 15.6 Å². The third-order valence-electron chi connectivity index (χ3n) is 4.62. The number of aromatic nitrogens is 1. The predicted molar refractivity (Wildman–Crippen MR) is 108 cm³/mol. The number of hydrogen-bond donors (Lipinski definition) is 3. The summed E-state index contributed by atoms with van der Waals surface area (Å²) in [4.78, 5) is 20.9. The average molecular weight is 378 g/mol. The maximum Gasteiger partial charge on any atom is 0.221 e. The normalized spacial score (nSPS) is 16.2. The van der Waals surface area contributed by atoms with E-state index in [0.717, 1.165) is 25.1 Å². The number of aliphatic imine (C=N–C) groups is 1. The van der Waals surface area contributed by atoms with Gasteiger partial charge in [0.2, 0.25) is 11.8 Å². The second kappa shape index (κ2) is 10.3. The van der Waals surface area contributed by atoms with Gasteiger partial charge in [0.05, 0.1) is 6.20 Å². The van der Waals surface area contributed by atoms with Crippen molar-refractivity contribution in [3.05, 3.63) is 17.8 Å². The maximum absolute atomic E-state index is 12.1. The van der Waals surface area contributed by atoms with Crippen LogP contribution < -0.4 is 16.0 Å². The molecule has 1 aliphatic carbocycles. The zero-order chi connectivity index (χ0) is 19.7. The third kappa shape index (κ3) is 7.61. The fraction of sp³-hybridized carbons (Fsp3) is 0.750. The standard InChI is InChI=1S/C20H35N5O2/c1-5-21-19(24-14-18-23-13-16(27-18)20(2,3)4)22-12-11-17(26)25-15-9-7-6-8-10-15/h13,15H,5-12,14H2,1-4H3,(H,25,26)(H2,21,22,24). The molecule has 0 unspecified atom stereocenters. The smallest absolute Gasteiger partial charge is 0.221 e. The lowest BCUT2D eigenvalue weighted by Crippen LogP contribution is -2.41. The Morgan fingerprint density at radius 1 is 1.26 bits per heavy atom. The molecule has 1 aliphatic rings. The summed E-state index contributed by atoms with van der Waals surface area (Å²) in [7, 11) is 0. The second-order valence-corrected chi connectivity index (χ2v) is 8.14. The van der Waals surface area contributed by atoms with Crippen LogP contribution in [0.25, 0.3) is 0 Å². The zero-order valence-corrected chi connectivity index (χ0v) is 17.2. The molecule has 1 aromatic heterocycles. The first kappa shape index (κ1) is 21.3. The van der Waals surface area contributed by atoms with Gasteiger partial charge in [-0.05, 0) is 19.8 Å². The first-order chi connectivity index (χ1) is 12.9. The van der Waals surface area contributed by atoms with E-state index >= 15 is 0 Å². The highest BCUT2D eigenvalue weighted by atomic mass is 16.4. The van der Waals surface area contributed by atoms with E-state index in [4.69, 9.17) is 4.42 Å². The second-order valence-electron chi connectivity index (χ2n) is 8.14. The number of nitrogens with one attached hydrogen (secondary N) is 3. The van der Waals surface area contributed by atoms with Gasteiger partial charge in [-0.2, -0.15) is 0 Å². The van der Waals surface area contributed by atoms with Gasteiger partial charge in [-0.25, -0.2) is 9.98 Å². The van der Waals surface area contributed by atoms with Crippen molar-refractivity contribution in [3.63, 3.8) is 0 Å². The topological polar surface area (TPSA) is 91.6 Å². The Morgan fingerprint density at radius 2 is 2.00 bits per heavy atom. The highest BCUT2D eigenvalue weighted by molar-refractivity contribution is 5.81. The summed E-state index contributed by atoms with van der Waals surface area (Å²) in [6.45, 7) is 9.93. The Bertz CT molecular complexity index is 612. The minimum Gasteiger partial charge on any atom is -0.443 e. The van der Waals surface area contributed by atoms with Crippen molar-refractivity contribution in [1.82, 2.24) is 20.9 Å². The average Bonchev–Trinajstić information content (AvgIpc) is 3.10. The number of oxazole rings is 1. The number of amides is 1. The number of guanidine groups is 1. The number of hydrogen-bond acceptors (Lipinski definition) is 4. The molecule has 1 saturated carbocycles. The summed E-state index contributed by atoms with van der Waals surface area (Å²) in [5.74, 6) is 2.21. The van der Waals surface area contributed by atoms with E-state index in [9.17, 15) is 4.79 Å². The van der Waals surface area contributed by atoms with Crippen molar-refractivity contribution in [3.8, 4) is 0 Å². The molecule has 0 aromatic carbocycles. The number of nitrogens with zero attached hydrogens (tertiary/aromatic N) is 2. The van der Waals surface area contributed by atoms with Gasteiger partial charge >= 0.3 is 0 Å². The van der Waals surface area contributed by atoms with Gasteiger partial charge in [-0.3, -0.25) is 4.79 Å². The van der Waals surface area contributed by atoms with E-state index in [-0.39, 0.29) is 11.3 Å². The Hall–Kier alpha value is -2.05. The highest BCUT2D eigenvalue weighted by Crippen LogP contribution is 2.22. The molecular weight excluding hydrogens is 342 g/mol. The Balaban J connectivity index is 1.77. The fourth-order valence-electron chi connectivity index (χ4n) is 3.06. The molecule has 1 heterocycles. The van der Waals surface area contributed by atoms with Crippen LogP contribution in [0.4, 0.5) is 0 Å². The Morgan fingerprint density at radius 3 is 2.63 bits per heavy atom. The van der Waals surface area contributed by atoms with Crippen molar-refractivity contribution >= 4 is 11.9 Å². The maximum atomic E-state index is 12.1. The predicted octanol–water partition coefficient (Wildman–Crippen LogP) is 2.87. The van der Waals surface area contributed by atoms with Gasteiger partial charge in [0, 0.05) is 31.0 Å². The van der Waals surface area contributed by atoms with Crippen LogP contribution in [-0.2, 0) is 16.8 Å². The Labute approximate surface area is 162 Å². The SMILES string of the molecule is CCNC(=NCc1ncc(C(C)(C)C)o1)NCCC(=O)NC1CCCCC1. The van der Waals surface area contributed by atoms with Gasteiger partial charge in [0.1, 0.15) is 12.3 Å². The van der Waals surface area contributed by atoms with Crippen LogP contribution in [0.1, 0.15) is 77.9 Å². The molecule has 3 N–H and O–H groups in total. The van der Waals surface area contributed by atoms with E-state index in [1.54, 1.807) is 6.20 Å². The molecule has 0 saturated heterocycles. The summed E-state index contributed by atoms with van der Waals surface area (Å²) >= 11 is 0. The van der Waals surface area contributed by atoms with Crippen LogP contribution in [-0.4, -0.2) is 36.0 Å². The molecule has 0 spiro atoms. The number of rotatable bonds is 7. The summed E-state index contributed by atoms with van der Waals surface area (Å²) < 4.78 is 5.77. The molecular formula is C20H35N5O2. The van der Waals surface area contributed by atoms with Gasteiger partial charge in [0.15, 0.2) is 5.96 Å². The summed E-state index contributed by atoms with van der Waals surface area (Å²) in [5.41, 5.74) is -0.0661. The van der Waals surface area contributed by atoms with E-state index in [2.05, 4.69) is 46.7 Å². The summed E-state index contributed by atoms with van der Waals surface area (Å²) in [5, 5.41) is 9.52. The monoisotopic (exact) mass is 377 g/mol. The quantitative estimate of drug-likeness (QED) is 0.502. The third-order valence-corrected chi connectivity index (χ3v) is 4.62. The fourth-order valence-corrected chi connectivity index (χ4v) is 3.06. The first-order valence-corrected chi connectivity index (χ1v) is 10.1. The van der Waals surface area contributed by atoms with E-state index in [1.165, 1.54) is 19.3 Å². The number of carbonyl (C=O) groups is 1. The molecule has 152 valence electrons. The Kier molecular flexibility index (Phi) is 8.13. The minimum atomic E-state index is -0.0661. The zero-order valence-electron chi connectivity index (χ0n) is 17.2. The molecule has 7 heteroatoms. The van der Waals surface area contributed by atoms with Crippen LogP contribution >= 0.6 is 0 Å². The van der Waals surface area contributed by atoms with Crippen LogP contribution in [0.5, 0.6) is 0 Å². The van der Waals surface area contributed by atoms with Gasteiger partial charge in [-0.1, -0.05) is 40.0 Å². The van der Waals surface area contributed by atoms with Crippen LogP contribution in [0.2, 0.25) is 0 Å². The molecule has 1 aromatic rings. The van der Waals surface area contributed by atoms with Gasteiger partial charge in [0.25, 0.3) is 0 Å². The van der Waals surface area contributed by atoms with Crippen LogP contribution in [0.3, 0.4) is 0 Å². The molecule has 0 bridgehead atoms. The highest BCUT2D eigenvalue weighted by Gasteiger charge is 2.19. The molecule has 1 amide bonds. The van der Waals surface area contributed by atoms with E-state index in [1.807, 2.05) is 6.92 Å². The van der Waals surface area contributed by atoms with E-state index in [0.29, 0.717) is 37.4 Å². The van der Waals surface area contributed by atoms with Crippen molar-refractivity contribution in [2.24, 2.45) is 4.99 Å². The van der Waals surface area contributed by atoms with Crippen molar-refractivity contribution in [1.29, 1.82) is 0 Å². The molecule has 7 nitrogen and oxygen atoms in total. The van der Waals surface area contributed by atoms with Crippen molar-refractivity contribution in [2.75, 3.05) is 13.1 Å². The molecule has 0 atom stereocenters. The molecule has 1 fully saturated rings. The van der Waals surface area contributed by atoms with E-state index < -0.39 is 0 Å². The lowest BCUT2D eigenvalue weighted by atomic mass is 9.94.